The molecule has 0 aromatic heterocycles. The van der Waals surface area contributed by atoms with Crippen molar-refractivity contribution in [3.8, 4) is 6.07 Å². The molecular formula is C27H30N2O3S2. The van der Waals surface area contributed by atoms with Gasteiger partial charge in [-0.2, -0.15) is 13.7 Å². The summed E-state index contributed by atoms with van der Waals surface area (Å²) in [6.07, 6.45) is 11.7. The first-order chi connectivity index (χ1) is 16.4. The Kier molecular flexibility index (Phi) is 9.55. The van der Waals surface area contributed by atoms with Gasteiger partial charge in [-0.1, -0.05) is 92.3 Å². The van der Waals surface area contributed by atoms with Crippen LogP contribution in [0.4, 0.5) is 0 Å². The Labute approximate surface area is 207 Å². The molecule has 0 bridgehead atoms. The summed E-state index contributed by atoms with van der Waals surface area (Å²) in [4.78, 5) is 0.777. The van der Waals surface area contributed by atoms with Gasteiger partial charge in [-0.3, -0.25) is 4.28 Å². The van der Waals surface area contributed by atoms with Crippen LogP contribution in [0, 0.1) is 18.3 Å². The molecule has 0 unspecified atom stereocenters. The highest BCUT2D eigenvalue weighted by molar-refractivity contribution is 8.18. The molecule has 178 valence electrons. The number of aryl methyl sites for hydroxylation is 2. The van der Waals surface area contributed by atoms with Crippen LogP contribution in [0.3, 0.4) is 0 Å². The van der Waals surface area contributed by atoms with E-state index >= 15 is 0 Å². The highest BCUT2D eigenvalue weighted by atomic mass is 32.2. The molecule has 0 amide bonds. The smallest absolute Gasteiger partial charge is 0.264 e. The number of nitrogens with zero attached hydrogens (tertiary/aromatic N) is 2. The molecule has 0 saturated heterocycles. The summed E-state index contributed by atoms with van der Waals surface area (Å²) >= 11 is 1.21. The number of oxime groups is 1. The number of hydrogen-bond donors (Lipinski definition) is 0. The lowest BCUT2D eigenvalue weighted by atomic mass is 10.0. The van der Waals surface area contributed by atoms with Crippen LogP contribution in [0.2, 0.25) is 0 Å². The molecule has 0 fully saturated rings. The number of rotatable bonds is 11. The zero-order valence-electron chi connectivity index (χ0n) is 19.7. The quantitative estimate of drug-likeness (QED) is 0.188. The molecule has 2 aromatic carbocycles. The maximum absolute atomic E-state index is 12.6. The van der Waals surface area contributed by atoms with E-state index in [1.54, 1.807) is 24.3 Å². The predicted octanol–water partition coefficient (Wildman–Crippen LogP) is 7.15. The number of benzene rings is 2. The first-order valence-corrected chi connectivity index (χ1v) is 13.8. The lowest BCUT2D eigenvalue weighted by Gasteiger charge is -2.06. The third-order valence-electron chi connectivity index (χ3n) is 5.62. The number of nitriles is 1. The van der Waals surface area contributed by atoms with Gasteiger partial charge in [-0.05, 0) is 60.7 Å². The molecule has 0 saturated carbocycles. The fraction of sp³-hybridized carbons (Fsp3) is 0.333. The summed E-state index contributed by atoms with van der Waals surface area (Å²) in [5.74, 6) is 0. The normalized spacial score (nSPS) is 16.0. The van der Waals surface area contributed by atoms with Gasteiger partial charge in [0.2, 0.25) is 0 Å². The van der Waals surface area contributed by atoms with Crippen LogP contribution in [0.25, 0.3) is 5.57 Å². The summed E-state index contributed by atoms with van der Waals surface area (Å²) in [5.41, 5.74) is 3.47. The van der Waals surface area contributed by atoms with Crippen LogP contribution >= 0.6 is 11.8 Å². The minimum absolute atomic E-state index is 0.0731. The molecule has 0 N–H and O–H groups in total. The van der Waals surface area contributed by atoms with Crippen LogP contribution in [-0.2, 0) is 20.8 Å². The first kappa shape index (κ1) is 25.8. The standard InChI is InChI=1S/C27H30N2O3S2/c1-3-4-5-6-7-8-12-22-14-16-23(17-15-22)34(30,31)32-29-27-19-18-26(33-27)25(20-28)24-13-10-9-11-21(24)2/h9-11,13-19H,3-8,12H2,1-2H3. The average Bonchev–Trinajstić information content (AvgIpc) is 3.31. The van der Waals surface area contributed by atoms with Crippen molar-refractivity contribution >= 4 is 32.5 Å². The summed E-state index contributed by atoms with van der Waals surface area (Å²) < 4.78 is 30.1. The summed E-state index contributed by atoms with van der Waals surface area (Å²) in [6.45, 7) is 4.15. The van der Waals surface area contributed by atoms with Gasteiger partial charge in [0.25, 0.3) is 0 Å². The van der Waals surface area contributed by atoms with Gasteiger partial charge in [-0.15, -0.1) is 0 Å². The second kappa shape index (κ2) is 12.6. The van der Waals surface area contributed by atoms with Crippen molar-refractivity contribution in [1.29, 1.82) is 5.26 Å². The van der Waals surface area contributed by atoms with Crippen molar-refractivity contribution in [1.82, 2.24) is 0 Å². The highest BCUT2D eigenvalue weighted by Gasteiger charge is 2.20. The molecule has 1 heterocycles. The van der Waals surface area contributed by atoms with Crippen LogP contribution < -0.4 is 0 Å². The van der Waals surface area contributed by atoms with E-state index in [0.29, 0.717) is 15.5 Å². The minimum Gasteiger partial charge on any atom is -0.264 e. The maximum Gasteiger partial charge on any atom is 0.358 e. The zero-order valence-corrected chi connectivity index (χ0v) is 21.3. The molecular weight excluding hydrogens is 464 g/mol. The van der Waals surface area contributed by atoms with E-state index in [-0.39, 0.29) is 4.90 Å². The van der Waals surface area contributed by atoms with E-state index in [1.165, 1.54) is 43.9 Å². The molecule has 2 aromatic rings. The van der Waals surface area contributed by atoms with Crippen molar-refractivity contribution in [2.45, 2.75) is 63.7 Å². The van der Waals surface area contributed by atoms with Crippen molar-refractivity contribution in [3.63, 3.8) is 0 Å². The number of hydrogen-bond acceptors (Lipinski definition) is 6. The van der Waals surface area contributed by atoms with Crippen molar-refractivity contribution in [2.24, 2.45) is 5.16 Å². The van der Waals surface area contributed by atoms with Crippen LogP contribution in [0.1, 0.15) is 62.1 Å². The van der Waals surface area contributed by atoms with Gasteiger partial charge in [0, 0.05) is 4.91 Å². The SMILES string of the molecule is CCCCCCCCc1ccc(S(=O)(=O)ON=C2C=CC(=C(C#N)c3ccccc3C)S2)cc1. The van der Waals surface area contributed by atoms with Crippen LogP contribution in [-0.4, -0.2) is 13.5 Å². The fourth-order valence-electron chi connectivity index (χ4n) is 3.67. The fourth-order valence-corrected chi connectivity index (χ4v) is 5.28. The second-order valence-corrected chi connectivity index (χ2v) is 10.8. The molecule has 5 nitrogen and oxygen atoms in total. The molecule has 34 heavy (non-hydrogen) atoms. The Morgan fingerprint density at radius 1 is 1.00 bits per heavy atom. The number of allylic oxidation sites excluding steroid dienone is 2. The molecule has 7 heteroatoms. The third kappa shape index (κ3) is 7.09. The first-order valence-electron chi connectivity index (χ1n) is 11.6. The van der Waals surface area contributed by atoms with Crippen LogP contribution in [0.15, 0.2) is 75.6 Å². The van der Waals surface area contributed by atoms with Gasteiger partial charge >= 0.3 is 10.1 Å². The van der Waals surface area contributed by atoms with E-state index < -0.39 is 10.1 Å². The van der Waals surface area contributed by atoms with E-state index in [4.69, 9.17) is 4.28 Å². The van der Waals surface area contributed by atoms with Gasteiger partial charge in [0.1, 0.15) is 16.0 Å². The Balaban J connectivity index is 1.60. The molecule has 0 atom stereocenters. The van der Waals surface area contributed by atoms with E-state index in [1.807, 2.05) is 43.3 Å². The monoisotopic (exact) mass is 494 g/mol. The van der Waals surface area contributed by atoms with E-state index in [2.05, 4.69) is 18.1 Å². The van der Waals surface area contributed by atoms with Crippen molar-refractivity contribution in [3.05, 3.63) is 82.3 Å². The second-order valence-electron chi connectivity index (χ2n) is 8.22. The Bertz CT molecular complexity index is 1220. The van der Waals surface area contributed by atoms with Crippen LogP contribution in [0.5, 0.6) is 0 Å². The van der Waals surface area contributed by atoms with Crippen molar-refractivity contribution < 1.29 is 12.7 Å². The number of thioether (sulfide) groups is 1. The van der Waals surface area contributed by atoms with Crippen molar-refractivity contribution in [2.75, 3.05) is 0 Å². The molecule has 3 rings (SSSR count). The third-order valence-corrected chi connectivity index (χ3v) is 7.72. The van der Waals surface area contributed by atoms with Gasteiger partial charge in [0.05, 0.1) is 5.57 Å². The molecule has 0 radical (unpaired) electrons. The Hall–Kier alpha value is -2.82. The lowest BCUT2D eigenvalue weighted by molar-refractivity contribution is 0.340. The van der Waals surface area contributed by atoms with E-state index in [0.717, 1.165) is 29.5 Å². The maximum atomic E-state index is 12.6. The lowest BCUT2D eigenvalue weighted by Crippen LogP contribution is -2.03. The summed E-state index contributed by atoms with van der Waals surface area (Å²) in [5, 5.41) is 13.9. The van der Waals surface area contributed by atoms with Gasteiger partial charge < -0.3 is 0 Å². The molecule has 1 aliphatic rings. The Morgan fingerprint density at radius 3 is 2.41 bits per heavy atom. The number of unbranched alkanes of at least 4 members (excludes halogenated alkanes) is 5. The van der Waals surface area contributed by atoms with Gasteiger partial charge in [0.15, 0.2) is 0 Å². The summed E-state index contributed by atoms with van der Waals surface area (Å²) in [7, 11) is -4.02. The topological polar surface area (TPSA) is 79.5 Å². The minimum atomic E-state index is -4.02. The molecule has 0 aliphatic carbocycles. The predicted molar refractivity (Wildman–Crippen MR) is 140 cm³/mol. The van der Waals surface area contributed by atoms with E-state index in [9.17, 15) is 13.7 Å². The largest absolute Gasteiger partial charge is 0.358 e. The zero-order chi connectivity index (χ0) is 24.4. The highest BCUT2D eigenvalue weighted by Crippen LogP contribution is 2.35. The van der Waals surface area contributed by atoms with Gasteiger partial charge in [-0.25, -0.2) is 0 Å². The molecule has 1 aliphatic heterocycles. The average molecular weight is 495 g/mol. The molecule has 0 spiro atoms. The summed E-state index contributed by atoms with van der Waals surface area (Å²) in [6, 6.07) is 16.7. The Morgan fingerprint density at radius 2 is 1.71 bits per heavy atom.